The number of urea groups is 1. The molecule has 118 valence electrons. The lowest BCUT2D eigenvalue weighted by molar-refractivity contribution is 0.209. The number of amides is 2. The van der Waals surface area contributed by atoms with Crippen molar-refractivity contribution in [2.24, 2.45) is 0 Å². The van der Waals surface area contributed by atoms with E-state index in [9.17, 15) is 4.79 Å². The van der Waals surface area contributed by atoms with Gasteiger partial charge in [-0.2, -0.15) is 5.26 Å². The SMILES string of the molecule is Cc1cccc(NC(=O)N(CCC#N)Cc2ccccn2)c1Cl. The molecule has 0 saturated carbocycles. The van der Waals surface area contributed by atoms with E-state index in [0.717, 1.165) is 11.3 Å². The molecule has 0 saturated heterocycles. The zero-order chi connectivity index (χ0) is 16.7. The maximum Gasteiger partial charge on any atom is 0.322 e. The zero-order valence-corrected chi connectivity index (χ0v) is 13.5. The molecule has 0 fully saturated rings. The molecule has 1 aromatic heterocycles. The van der Waals surface area contributed by atoms with Crippen LogP contribution in [0.2, 0.25) is 5.02 Å². The van der Waals surface area contributed by atoms with Crippen molar-refractivity contribution in [3.8, 4) is 6.07 Å². The summed E-state index contributed by atoms with van der Waals surface area (Å²) in [6.07, 6.45) is 1.93. The summed E-state index contributed by atoms with van der Waals surface area (Å²) in [6, 6.07) is 12.7. The van der Waals surface area contributed by atoms with E-state index in [4.69, 9.17) is 16.9 Å². The summed E-state index contributed by atoms with van der Waals surface area (Å²) < 4.78 is 0. The average Bonchev–Trinajstić information content (AvgIpc) is 2.56. The number of anilines is 1. The van der Waals surface area contributed by atoms with E-state index in [2.05, 4.69) is 16.4 Å². The molecule has 6 heteroatoms. The third-order valence-electron chi connectivity index (χ3n) is 3.29. The number of carbonyl (C=O) groups excluding carboxylic acids is 1. The number of hydrogen-bond acceptors (Lipinski definition) is 3. The van der Waals surface area contributed by atoms with Crippen molar-refractivity contribution >= 4 is 23.3 Å². The highest BCUT2D eigenvalue weighted by Gasteiger charge is 2.16. The molecule has 1 N–H and O–H groups in total. The lowest BCUT2D eigenvalue weighted by Gasteiger charge is -2.22. The highest BCUT2D eigenvalue weighted by atomic mass is 35.5. The Morgan fingerprint density at radius 2 is 2.17 bits per heavy atom. The van der Waals surface area contributed by atoms with Gasteiger partial charge in [0.15, 0.2) is 0 Å². The zero-order valence-electron chi connectivity index (χ0n) is 12.8. The number of nitrogens with one attached hydrogen (secondary N) is 1. The standard InChI is InChI=1S/C17H17ClN4O/c1-13-6-4-8-15(16(13)18)21-17(23)22(11-5-9-19)12-14-7-2-3-10-20-14/h2-4,6-8,10H,5,11-12H2,1H3,(H,21,23). The van der Waals surface area contributed by atoms with Crippen molar-refractivity contribution in [3.63, 3.8) is 0 Å². The fraction of sp³-hybridized carbons (Fsp3) is 0.235. The van der Waals surface area contributed by atoms with Crippen LogP contribution in [-0.2, 0) is 6.54 Å². The Balaban J connectivity index is 2.13. The molecular weight excluding hydrogens is 312 g/mol. The molecule has 0 spiro atoms. The molecule has 2 rings (SSSR count). The summed E-state index contributed by atoms with van der Waals surface area (Å²) in [4.78, 5) is 18.3. The van der Waals surface area contributed by atoms with Gasteiger partial charge in [0, 0.05) is 12.7 Å². The maximum absolute atomic E-state index is 12.5. The van der Waals surface area contributed by atoms with Crippen LogP contribution in [0.5, 0.6) is 0 Å². The second kappa shape index (κ2) is 8.16. The lowest BCUT2D eigenvalue weighted by atomic mass is 10.2. The Hall–Kier alpha value is -2.58. The smallest absolute Gasteiger partial charge is 0.318 e. The molecule has 2 aromatic rings. The van der Waals surface area contributed by atoms with Gasteiger partial charge in [-0.25, -0.2) is 4.79 Å². The molecule has 0 aliphatic rings. The van der Waals surface area contributed by atoms with E-state index >= 15 is 0 Å². The highest BCUT2D eigenvalue weighted by Crippen LogP contribution is 2.25. The second-order valence-electron chi connectivity index (χ2n) is 5.02. The molecule has 0 aliphatic carbocycles. The molecule has 0 atom stereocenters. The molecule has 1 aromatic carbocycles. The maximum atomic E-state index is 12.5. The molecule has 1 heterocycles. The summed E-state index contributed by atoms with van der Waals surface area (Å²) in [7, 11) is 0. The molecule has 0 bridgehead atoms. The first-order chi connectivity index (χ1) is 11.1. The van der Waals surface area contributed by atoms with Gasteiger partial charge < -0.3 is 10.2 Å². The van der Waals surface area contributed by atoms with Crippen LogP contribution in [0.4, 0.5) is 10.5 Å². The van der Waals surface area contributed by atoms with Crippen LogP contribution in [0, 0.1) is 18.3 Å². The van der Waals surface area contributed by atoms with Gasteiger partial charge in [-0.3, -0.25) is 4.98 Å². The molecule has 23 heavy (non-hydrogen) atoms. The van der Waals surface area contributed by atoms with Gasteiger partial charge in [0.1, 0.15) is 0 Å². The van der Waals surface area contributed by atoms with E-state index in [1.807, 2.05) is 37.3 Å². The summed E-state index contributed by atoms with van der Waals surface area (Å²) in [5.41, 5.74) is 2.20. The molecule has 0 aliphatic heterocycles. The molecule has 2 amide bonds. The van der Waals surface area contributed by atoms with Crippen LogP contribution in [0.1, 0.15) is 17.7 Å². The van der Waals surface area contributed by atoms with Gasteiger partial charge in [0.2, 0.25) is 0 Å². The van der Waals surface area contributed by atoms with Crippen LogP contribution in [0.15, 0.2) is 42.6 Å². The first kappa shape index (κ1) is 16.8. The van der Waals surface area contributed by atoms with Crippen LogP contribution >= 0.6 is 11.6 Å². The summed E-state index contributed by atoms with van der Waals surface area (Å²) in [5, 5.41) is 12.1. The number of hydrogen-bond donors (Lipinski definition) is 1. The second-order valence-corrected chi connectivity index (χ2v) is 5.40. The predicted molar refractivity (Wildman–Crippen MR) is 90.1 cm³/mol. The van der Waals surface area contributed by atoms with Gasteiger partial charge >= 0.3 is 6.03 Å². The molecule has 0 unspecified atom stereocenters. The Labute approximate surface area is 140 Å². The Morgan fingerprint density at radius 3 is 2.87 bits per heavy atom. The van der Waals surface area contributed by atoms with Crippen molar-refractivity contribution in [2.75, 3.05) is 11.9 Å². The Kier molecular flexibility index (Phi) is 5.95. The normalized spacial score (nSPS) is 9.96. The topological polar surface area (TPSA) is 69.0 Å². The number of nitrogens with zero attached hydrogens (tertiary/aromatic N) is 3. The first-order valence-corrected chi connectivity index (χ1v) is 7.57. The Morgan fingerprint density at radius 1 is 1.35 bits per heavy atom. The van der Waals surface area contributed by atoms with Crippen molar-refractivity contribution in [2.45, 2.75) is 19.9 Å². The number of halogens is 1. The summed E-state index contributed by atoms with van der Waals surface area (Å²) >= 11 is 6.21. The van der Waals surface area contributed by atoms with Crippen LogP contribution in [-0.4, -0.2) is 22.5 Å². The number of benzene rings is 1. The van der Waals surface area contributed by atoms with Crippen LogP contribution < -0.4 is 5.32 Å². The first-order valence-electron chi connectivity index (χ1n) is 7.19. The van der Waals surface area contributed by atoms with E-state index in [1.165, 1.54) is 0 Å². The fourth-order valence-electron chi connectivity index (χ4n) is 2.06. The number of aryl methyl sites for hydroxylation is 1. The third-order valence-corrected chi connectivity index (χ3v) is 3.79. The minimum atomic E-state index is -0.307. The van der Waals surface area contributed by atoms with Crippen LogP contribution in [0.25, 0.3) is 0 Å². The Bertz CT molecular complexity index is 712. The number of pyridine rings is 1. The number of rotatable bonds is 5. The van der Waals surface area contributed by atoms with Crippen LogP contribution in [0.3, 0.4) is 0 Å². The fourth-order valence-corrected chi connectivity index (χ4v) is 2.24. The minimum absolute atomic E-state index is 0.252. The van der Waals surface area contributed by atoms with E-state index in [-0.39, 0.29) is 12.5 Å². The van der Waals surface area contributed by atoms with Crippen molar-refractivity contribution < 1.29 is 4.79 Å². The monoisotopic (exact) mass is 328 g/mol. The van der Waals surface area contributed by atoms with Gasteiger partial charge in [-0.1, -0.05) is 29.8 Å². The average molecular weight is 329 g/mol. The summed E-state index contributed by atoms with van der Waals surface area (Å²) in [5.74, 6) is 0. The van der Waals surface area contributed by atoms with Gasteiger partial charge in [0.25, 0.3) is 0 Å². The summed E-state index contributed by atoms with van der Waals surface area (Å²) in [6.45, 7) is 2.53. The van der Waals surface area contributed by atoms with E-state index < -0.39 is 0 Å². The van der Waals surface area contributed by atoms with Gasteiger partial charge in [0.05, 0.1) is 35.4 Å². The molecule has 5 nitrogen and oxygen atoms in total. The number of aromatic nitrogens is 1. The lowest BCUT2D eigenvalue weighted by Crippen LogP contribution is -2.35. The highest BCUT2D eigenvalue weighted by molar-refractivity contribution is 6.34. The van der Waals surface area contributed by atoms with Gasteiger partial charge in [-0.15, -0.1) is 0 Å². The van der Waals surface area contributed by atoms with Crippen molar-refractivity contribution in [1.29, 1.82) is 5.26 Å². The predicted octanol–water partition coefficient (Wildman–Crippen LogP) is 3.99. The van der Waals surface area contributed by atoms with Crippen molar-refractivity contribution in [1.82, 2.24) is 9.88 Å². The number of nitriles is 1. The minimum Gasteiger partial charge on any atom is -0.318 e. The largest absolute Gasteiger partial charge is 0.322 e. The quantitative estimate of drug-likeness (QED) is 0.902. The third kappa shape index (κ3) is 4.70. The molecular formula is C17H17ClN4O. The van der Waals surface area contributed by atoms with E-state index in [1.54, 1.807) is 17.2 Å². The van der Waals surface area contributed by atoms with E-state index in [0.29, 0.717) is 23.8 Å². The molecule has 0 radical (unpaired) electrons. The number of carbonyl (C=O) groups is 1. The van der Waals surface area contributed by atoms with Gasteiger partial charge in [-0.05, 0) is 30.7 Å². The van der Waals surface area contributed by atoms with Crippen molar-refractivity contribution in [3.05, 3.63) is 58.9 Å².